The van der Waals surface area contributed by atoms with Gasteiger partial charge in [-0.05, 0) is 67.3 Å². The van der Waals surface area contributed by atoms with E-state index in [-0.39, 0.29) is 17.1 Å². The Morgan fingerprint density at radius 3 is 2.57 bits per heavy atom. The molecule has 1 saturated heterocycles. The maximum atomic E-state index is 13.5. The first-order chi connectivity index (χ1) is 17.8. The Bertz CT molecular complexity index is 1600. The molecule has 0 spiro atoms. The topological polar surface area (TPSA) is 95.8 Å². The number of aromatic amines is 1. The normalized spacial score (nSPS) is 16.1. The average Bonchev–Trinajstić information content (AvgIpc) is 3.53. The van der Waals surface area contributed by atoms with Crippen LogP contribution in [0.4, 0.5) is 5.13 Å². The second-order valence-electron chi connectivity index (χ2n) is 10.6. The van der Waals surface area contributed by atoms with Crippen LogP contribution in [0.1, 0.15) is 43.8 Å². The van der Waals surface area contributed by atoms with E-state index in [1.54, 1.807) is 11.3 Å². The molecule has 1 aliphatic rings. The van der Waals surface area contributed by atoms with Crippen molar-refractivity contribution in [2.24, 2.45) is 0 Å². The van der Waals surface area contributed by atoms with Crippen LogP contribution in [0.2, 0.25) is 0 Å². The van der Waals surface area contributed by atoms with Crippen LogP contribution in [0.15, 0.2) is 53.3 Å². The molecule has 0 unspecified atom stereocenters. The summed E-state index contributed by atoms with van der Waals surface area (Å²) in [6, 6.07) is 15.9. The van der Waals surface area contributed by atoms with Crippen LogP contribution in [0.3, 0.4) is 0 Å². The first-order valence-corrected chi connectivity index (χ1v) is 13.4. The van der Waals surface area contributed by atoms with E-state index in [2.05, 4.69) is 69.3 Å². The molecule has 5 aromatic rings. The van der Waals surface area contributed by atoms with Crippen molar-refractivity contribution < 1.29 is 0 Å². The Labute approximate surface area is 218 Å². The number of thiazole rings is 1. The van der Waals surface area contributed by atoms with Crippen LogP contribution in [0.25, 0.3) is 21.1 Å². The fraction of sp³-hybridized carbons (Fsp3) is 0.370. The Kier molecular flexibility index (Phi) is 5.80. The lowest BCUT2D eigenvalue weighted by atomic mass is 10.0. The van der Waals surface area contributed by atoms with Crippen LogP contribution in [-0.4, -0.2) is 61.3 Å². The molecule has 190 valence electrons. The number of pyridine rings is 1. The summed E-state index contributed by atoms with van der Waals surface area (Å²) in [5.74, 6) is 0.679. The monoisotopic (exact) mass is 514 g/mol. The predicted molar refractivity (Wildman–Crippen MR) is 147 cm³/mol. The number of fused-ring (bicyclic) bond motifs is 2. The minimum atomic E-state index is -0.375. The van der Waals surface area contributed by atoms with E-state index in [0.717, 1.165) is 53.3 Å². The fourth-order valence-electron chi connectivity index (χ4n) is 5.11. The number of anilines is 1. The summed E-state index contributed by atoms with van der Waals surface area (Å²) >= 11 is 1.72. The van der Waals surface area contributed by atoms with Crippen molar-refractivity contribution in [2.45, 2.75) is 39.3 Å². The second kappa shape index (κ2) is 9.04. The van der Waals surface area contributed by atoms with Crippen LogP contribution in [-0.2, 0) is 5.54 Å². The molecule has 6 rings (SSSR count). The molecule has 1 atom stereocenters. The van der Waals surface area contributed by atoms with Crippen molar-refractivity contribution in [2.75, 3.05) is 31.1 Å². The number of aromatic nitrogens is 6. The number of hydrogen-bond donors (Lipinski definition) is 1. The van der Waals surface area contributed by atoms with E-state index in [1.165, 1.54) is 4.70 Å². The maximum absolute atomic E-state index is 13.5. The van der Waals surface area contributed by atoms with Gasteiger partial charge in [0.1, 0.15) is 6.04 Å². The molecule has 0 saturated carbocycles. The minimum Gasteiger partial charge on any atom is -0.345 e. The Morgan fingerprint density at radius 1 is 1.03 bits per heavy atom. The van der Waals surface area contributed by atoms with Crippen molar-refractivity contribution >= 4 is 37.6 Å². The predicted octanol–water partition coefficient (Wildman–Crippen LogP) is 4.10. The Balaban J connectivity index is 1.38. The van der Waals surface area contributed by atoms with Gasteiger partial charge < -0.3 is 9.88 Å². The molecule has 0 aliphatic carbocycles. The third-order valence-corrected chi connectivity index (χ3v) is 8.11. The molecular formula is C27H30N8OS. The zero-order valence-electron chi connectivity index (χ0n) is 21.5. The number of benzene rings is 2. The highest BCUT2D eigenvalue weighted by Crippen LogP contribution is 2.33. The van der Waals surface area contributed by atoms with Crippen molar-refractivity contribution in [3.63, 3.8) is 0 Å². The first-order valence-electron chi connectivity index (χ1n) is 12.6. The summed E-state index contributed by atoms with van der Waals surface area (Å²) in [4.78, 5) is 26.2. The number of nitrogens with one attached hydrogen (secondary N) is 1. The molecule has 10 heteroatoms. The summed E-state index contributed by atoms with van der Waals surface area (Å²) in [6.07, 6.45) is 0. The van der Waals surface area contributed by atoms with Gasteiger partial charge in [0.25, 0.3) is 5.56 Å². The quantitative estimate of drug-likeness (QED) is 0.386. The van der Waals surface area contributed by atoms with Crippen molar-refractivity contribution in [1.29, 1.82) is 0 Å². The zero-order chi connectivity index (χ0) is 25.7. The van der Waals surface area contributed by atoms with Gasteiger partial charge in [0.2, 0.25) is 0 Å². The third-order valence-electron chi connectivity index (χ3n) is 7.02. The lowest BCUT2D eigenvalue weighted by Crippen LogP contribution is -2.49. The number of tetrazole rings is 1. The van der Waals surface area contributed by atoms with Gasteiger partial charge in [-0.1, -0.05) is 41.7 Å². The molecule has 1 fully saturated rings. The standard InChI is InChI=1S/C27H30N8OS/c1-17-8-7-9-18-16-19(25(36)29-22(17)18)23(24-30-31-32-35(24)27(2,3)4)33-12-14-34(15-13-33)26-28-20-10-5-6-11-21(20)37-26/h5-11,16,23H,12-15H2,1-4H3,(H,29,36)/t23-/m1/s1. The van der Waals surface area contributed by atoms with Gasteiger partial charge in [0.05, 0.1) is 21.3 Å². The highest BCUT2D eigenvalue weighted by atomic mass is 32.1. The first kappa shape index (κ1) is 23.7. The van der Waals surface area contributed by atoms with Crippen LogP contribution in [0, 0.1) is 6.92 Å². The van der Waals surface area contributed by atoms with Gasteiger partial charge >= 0.3 is 0 Å². The SMILES string of the molecule is Cc1cccc2cc([C@H](c3nnnn3C(C)(C)C)N3CCN(c4nc5ccccc5s4)CC3)c(=O)[nH]c12. The number of H-pyrrole nitrogens is 1. The zero-order valence-corrected chi connectivity index (χ0v) is 22.3. The smallest absolute Gasteiger partial charge is 0.253 e. The van der Waals surface area contributed by atoms with E-state index in [4.69, 9.17) is 4.98 Å². The van der Waals surface area contributed by atoms with E-state index in [9.17, 15) is 4.79 Å². The number of para-hydroxylation sites is 2. The van der Waals surface area contributed by atoms with Crippen LogP contribution in [0.5, 0.6) is 0 Å². The van der Waals surface area contributed by atoms with E-state index >= 15 is 0 Å². The van der Waals surface area contributed by atoms with E-state index in [0.29, 0.717) is 11.4 Å². The summed E-state index contributed by atoms with van der Waals surface area (Å²) in [5, 5.41) is 14.9. The Hall–Kier alpha value is -3.63. The highest BCUT2D eigenvalue weighted by Gasteiger charge is 2.35. The molecule has 0 amide bonds. The van der Waals surface area contributed by atoms with Crippen LogP contribution < -0.4 is 10.5 Å². The highest BCUT2D eigenvalue weighted by molar-refractivity contribution is 7.22. The maximum Gasteiger partial charge on any atom is 0.253 e. The van der Waals surface area contributed by atoms with E-state index < -0.39 is 0 Å². The van der Waals surface area contributed by atoms with Crippen molar-refractivity contribution in [3.05, 3.63) is 75.8 Å². The average molecular weight is 515 g/mol. The van der Waals surface area contributed by atoms with Gasteiger partial charge in [-0.3, -0.25) is 9.69 Å². The second-order valence-corrected chi connectivity index (χ2v) is 11.6. The number of nitrogens with zero attached hydrogens (tertiary/aromatic N) is 7. The molecule has 0 bridgehead atoms. The molecule has 1 N–H and O–H groups in total. The molecule has 1 aliphatic heterocycles. The molecular weight excluding hydrogens is 484 g/mol. The van der Waals surface area contributed by atoms with E-state index in [1.807, 2.05) is 41.9 Å². The number of aryl methyl sites for hydroxylation is 1. The van der Waals surface area contributed by atoms with Crippen molar-refractivity contribution in [1.82, 2.24) is 35.1 Å². The fourth-order valence-corrected chi connectivity index (χ4v) is 6.13. The lowest BCUT2D eigenvalue weighted by molar-refractivity contribution is 0.190. The number of piperazine rings is 1. The number of rotatable bonds is 4. The molecule has 3 aromatic heterocycles. The minimum absolute atomic E-state index is 0.108. The van der Waals surface area contributed by atoms with Crippen molar-refractivity contribution in [3.8, 4) is 0 Å². The third kappa shape index (κ3) is 4.30. The summed E-state index contributed by atoms with van der Waals surface area (Å²) in [6.45, 7) is 11.3. The largest absolute Gasteiger partial charge is 0.345 e. The number of hydrogen-bond acceptors (Lipinski definition) is 8. The summed E-state index contributed by atoms with van der Waals surface area (Å²) in [7, 11) is 0. The van der Waals surface area contributed by atoms with Gasteiger partial charge in [-0.2, -0.15) is 0 Å². The molecule has 0 radical (unpaired) electrons. The van der Waals surface area contributed by atoms with Gasteiger partial charge in [-0.15, -0.1) is 5.10 Å². The Morgan fingerprint density at radius 2 is 1.81 bits per heavy atom. The van der Waals surface area contributed by atoms with Gasteiger partial charge in [0, 0.05) is 31.7 Å². The van der Waals surface area contributed by atoms with Gasteiger partial charge in [-0.25, -0.2) is 9.67 Å². The molecule has 9 nitrogen and oxygen atoms in total. The van der Waals surface area contributed by atoms with Crippen LogP contribution >= 0.6 is 11.3 Å². The lowest BCUT2D eigenvalue weighted by Gasteiger charge is -2.39. The van der Waals surface area contributed by atoms with Gasteiger partial charge in [0.15, 0.2) is 11.0 Å². The summed E-state index contributed by atoms with van der Waals surface area (Å²) < 4.78 is 3.04. The molecule has 2 aromatic carbocycles. The molecule has 37 heavy (non-hydrogen) atoms. The summed E-state index contributed by atoms with van der Waals surface area (Å²) in [5.41, 5.74) is 3.16. The molecule has 4 heterocycles.